The summed E-state index contributed by atoms with van der Waals surface area (Å²) in [6, 6.07) is 26.6. The molecule has 0 unspecified atom stereocenters. The SMILES string of the molecule is CCOc1cc(C=Nn2c(-c3cc4ccccc4o3)nc3ccccc3c2=O)c(Br)cc1OCC(=O)Nc1ccc(Cl)cc1. The van der Waals surface area contributed by atoms with Gasteiger partial charge in [0.1, 0.15) is 5.58 Å². The molecule has 0 atom stereocenters. The number of hydrogen-bond acceptors (Lipinski definition) is 7. The molecule has 0 bridgehead atoms. The maximum absolute atomic E-state index is 13.6. The van der Waals surface area contributed by atoms with Gasteiger partial charge in [-0.25, -0.2) is 4.98 Å². The molecule has 0 fully saturated rings. The number of furan rings is 1. The van der Waals surface area contributed by atoms with Crippen LogP contribution in [0.5, 0.6) is 11.5 Å². The molecule has 0 radical (unpaired) electrons. The Hall–Kier alpha value is -4.93. The Kier molecular flexibility index (Phi) is 8.44. The highest BCUT2D eigenvalue weighted by Gasteiger charge is 2.17. The van der Waals surface area contributed by atoms with Gasteiger partial charge in [0.2, 0.25) is 5.82 Å². The lowest BCUT2D eigenvalue weighted by molar-refractivity contribution is -0.118. The van der Waals surface area contributed by atoms with Crippen molar-refractivity contribution in [3.8, 4) is 23.1 Å². The number of rotatable bonds is 9. The molecule has 0 aliphatic rings. The average Bonchev–Trinajstić information content (AvgIpc) is 3.46. The molecule has 0 spiro atoms. The van der Waals surface area contributed by atoms with Gasteiger partial charge in [-0.2, -0.15) is 9.78 Å². The highest BCUT2D eigenvalue weighted by molar-refractivity contribution is 9.10. The molecule has 44 heavy (non-hydrogen) atoms. The van der Waals surface area contributed by atoms with Crippen molar-refractivity contribution in [2.75, 3.05) is 18.5 Å². The van der Waals surface area contributed by atoms with Crippen LogP contribution in [0.3, 0.4) is 0 Å². The van der Waals surface area contributed by atoms with Crippen LogP contribution in [-0.4, -0.2) is 35.0 Å². The monoisotopic (exact) mass is 670 g/mol. The van der Waals surface area contributed by atoms with E-state index in [4.69, 9.17) is 30.5 Å². The summed E-state index contributed by atoms with van der Waals surface area (Å²) in [6.07, 6.45) is 1.52. The van der Waals surface area contributed by atoms with E-state index in [1.54, 1.807) is 54.6 Å². The van der Waals surface area contributed by atoms with Gasteiger partial charge in [-0.3, -0.25) is 9.59 Å². The summed E-state index contributed by atoms with van der Waals surface area (Å²) in [5.74, 6) is 1.07. The Bertz CT molecular complexity index is 2060. The molecule has 1 N–H and O–H groups in total. The minimum atomic E-state index is -0.352. The van der Waals surface area contributed by atoms with Crippen molar-refractivity contribution < 1.29 is 18.7 Å². The van der Waals surface area contributed by atoms with Gasteiger partial charge in [-0.15, -0.1) is 0 Å². The number of benzene rings is 4. The molecule has 6 rings (SSSR count). The number of para-hydroxylation sites is 2. The van der Waals surface area contributed by atoms with Crippen molar-refractivity contribution in [1.82, 2.24) is 9.66 Å². The Morgan fingerprint density at radius 1 is 1.02 bits per heavy atom. The Balaban J connectivity index is 1.32. The number of aromatic nitrogens is 2. The zero-order valence-corrected chi connectivity index (χ0v) is 25.6. The molecular formula is C33H24BrClN4O5. The van der Waals surface area contributed by atoms with Crippen LogP contribution < -0.4 is 20.3 Å². The molecule has 220 valence electrons. The molecule has 4 aromatic carbocycles. The fourth-order valence-corrected chi connectivity index (χ4v) is 5.06. The van der Waals surface area contributed by atoms with Crippen molar-refractivity contribution >= 4 is 67.2 Å². The van der Waals surface area contributed by atoms with Crippen LogP contribution in [0, 0.1) is 0 Å². The van der Waals surface area contributed by atoms with Gasteiger partial charge in [-0.1, -0.05) is 41.9 Å². The third-order valence-electron chi connectivity index (χ3n) is 6.56. The fraction of sp³-hybridized carbons (Fsp3) is 0.0909. The lowest BCUT2D eigenvalue weighted by atomic mass is 10.2. The molecule has 11 heteroatoms. The molecule has 2 aromatic heterocycles. The first-order chi connectivity index (χ1) is 21.4. The van der Waals surface area contributed by atoms with E-state index in [9.17, 15) is 9.59 Å². The van der Waals surface area contributed by atoms with Gasteiger partial charge in [0.15, 0.2) is 23.9 Å². The number of ether oxygens (including phenoxy) is 2. The highest BCUT2D eigenvalue weighted by Crippen LogP contribution is 2.34. The number of halogens is 2. The quantitative estimate of drug-likeness (QED) is 0.159. The number of carbonyl (C=O) groups is 1. The zero-order chi connectivity index (χ0) is 30.6. The number of hydrogen-bond donors (Lipinski definition) is 1. The molecule has 0 saturated carbocycles. The van der Waals surface area contributed by atoms with Crippen molar-refractivity contribution in [1.29, 1.82) is 0 Å². The second kappa shape index (κ2) is 12.7. The topological polar surface area (TPSA) is 108 Å². The third kappa shape index (κ3) is 6.22. The van der Waals surface area contributed by atoms with Crippen LogP contribution in [0.25, 0.3) is 33.5 Å². The van der Waals surface area contributed by atoms with E-state index >= 15 is 0 Å². The van der Waals surface area contributed by atoms with Crippen molar-refractivity contribution in [3.05, 3.63) is 116 Å². The predicted octanol–water partition coefficient (Wildman–Crippen LogP) is 7.52. The smallest absolute Gasteiger partial charge is 0.282 e. The number of nitrogens with one attached hydrogen (secondary N) is 1. The summed E-state index contributed by atoms with van der Waals surface area (Å²) < 4.78 is 19.5. The van der Waals surface area contributed by atoms with E-state index in [1.165, 1.54) is 10.9 Å². The Morgan fingerprint density at radius 3 is 2.57 bits per heavy atom. The standard InChI is InChI=1S/C33H24BrClN4O5/c1-2-42-28-16-21(25(34)17-29(28)43-19-31(40)37-23-13-11-22(35)12-14-23)18-36-39-32(30-15-20-7-3-6-10-27(20)44-30)38-26-9-5-4-8-24(26)33(39)41/h3-18H,2,19H2,1H3,(H,37,40). The van der Waals surface area contributed by atoms with E-state index < -0.39 is 0 Å². The molecule has 2 heterocycles. The summed E-state index contributed by atoms with van der Waals surface area (Å²) in [5.41, 5.74) is 2.04. The first kappa shape index (κ1) is 29.2. The Labute approximate surface area is 264 Å². The molecule has 0 aliphatic heterocycles. The normalized spacial score (nSPS) is 11.3. The van der Waals surface area contributed by atoms with Crippen molar-refractivity contribution in [2.45, 2.75) is 6.92 Å². The molecule has 0 saturated heterocycles. The zero-order valence-electron chi connectivity index (χ0n) is 23.3. The molecule has 1 amide bonds. The number of anilines is 1. The summed E-state index contributed by atoms with van der Waals surface area (Å²) in [5, 5.41) is 9.17. The van der Waals surface area contributed by atoms with Gasteiger partial charge in [0.05, 0.1) is 23.7 Å². The summed E-state index contributed by atoms with van der Waals surface area (Å²) in [7, 11) is 0. The van der Waals surface area contributed by atoms with E-state index in [0.717, 1.165) is 5.39 Å². The number of fused-ring (bicyclic) bond motifs is 2. The van der Waals surface area contributed by atoms with Crippen LogP contribution in [0.2, 0.25) is 5.02 Å². The Morgan fingerprint density at radius 2 is 1.77 bits per heavy atom. The minimum Gasteiger partial charge on any atom is -0.490 e. The maximum Gasteiger partial charge on any atom is 0.282 e. The first-order valence-corrected chi connectivity index (χ1v) is 14.8. The largest absolute Gasteiger partial charge is 0.490 e. The molecule has 9 nitrogen and oxygen atoms in total. The van der Waals surface area contributed by atoms with Crippen LogP contribution in [0.4, 0.5) is 5.69 Å². The lowest BCUT2D eigenvalue weighted by Crippen LogP contribution is -2.20. The fourth-order valence-electron chi connectivity index (χ4n) is 4.51. The summed E-state index contributed by atoms with van der Waals surface area (Å²) in [6.45, 7) is 1.95. The van der Waals surface area contributed by atoms with Crippen molar-refractivity contribution in [2.24, 2.45) is 5.10 Å². The van der Waals surface area contributed by atoms with Crippen molar-refractivity contribution in [3.63, 3.8) is 0 Å². The van der Waals surface area contributed by atoms with Gasteiger partial charge >= 0.3 is 0 Å². The summed E-state index contributed by atoms with van der Waals surface area (Å²) >= 11 is 9.47. The maximum atomic E-state index is 13.6. The van der Waals surface area contributed by atoms with Crippen LogP contribution in [0.1, 0.15) is 12.5 Å². The van der Waals surface area contributed by atoms with Crippen LogP contribution in [-0.2, 0) is 4.79 Å². The summed E-state index contributed by atoms with van der Waals surface area (Å²) in [4.78, 5) is 30.9. The van der Waals surface area contributed by atoms with E-state index in [-0.39, 0.29) is 23.9 Å². The first-order valence-electron chi connectivity index (χ1n) is 13.6. The van der Waals surface area contributed by atoms with E-state index in [1.807, 2.05) is 43.3 Å². The van der Waals surface area contributed by atoms with Gasteiger partial charge in [0.25, 0.3) is 11.5 Å². The molecule has 0 aliphatic carbocycles. The predicted molar refractivity (Wildman–Crippen MR) is 175 cm³/mol. The second-order valence-corrected chi connectivity index (χ2v) is 10.9. The third-order valence-corrected chi connectivity index (χ3v) is 7.50. The van der Waals surface area contributed by atoms with E-state index in [0.29, 0.717) is 61.1 Å². The van der Waals surface area contributed by atoms with Crippen LogP contribution >= 0.6 is 27.5 Å². The van der Waals surface area contributed by atoms with Gasteiger partial charge < -0.3 is 19.2 Å². The number of nitrogens with zero attached hydrogens (tertiary/aromatic N) is 3. The second-order valence-electron chi connectivity index (χ2n) is 9.56. The number of carbonyl (C=O) groups excluding carboxylic acids is 1. The molecular weight excluding hydrogens is 648 g/mol. The van der Waals surface area contributed by atoms with Gasteiger partial charge in [0, 0.05) is 26.1 Å². The average molecular weight is 672 g/mol. The van der Waals surface area contributed by atoms with Crippen LogP contribution in [0.15, 0.2) is 110 Å². The molecule has 6 aromatic rings. The van der Waals surface area contributed by atoms with Gasteiger partial charge in [-0.05, 0) is 83.5 Å². The number of amides is 1. The minimum absolute atomic E-state index is 0.248. The highest BCUT2D eigenvalue weighted by atomic mass is 79.9. The lowest BCUT2D eigenvalue weighted by Gasteiger charge is -2.14. The van der Waals surface area contributed by atoms with E-state index in [2.05, 4.69) is 26.3 Å².